The summed E-state index contributed by atoms with van der Waals surface area (Å²) in [7, 11) is 0. The lowest BCUT2D eigenvalue weighted by Crippen LogP contribution is -2.16. The van der Waals surface area contributed by atoms with Gasteiger partial charge in [0.05, 0.1) is 18.1 Å². The van der Waals surface area contributed by atoms with Gasteiger partial charge in [0.25, 0.3) is 0 Å². The van der Waals surface area contributed by atoms with Gasteiger partial charge in [-0.2, -0.15) is 5.26 Å². The third kappa shape index (κ3) is 2.83. The topological polar surface area (TPSA) is 61.1 Å². The largest absolute Gasteiger partial charge is 0.481 e. The van der Waals surface area contributed by atoms with Crippen LogP contribution in [0.1, 0.15) is 37.5 Å². The Morgan fingerprint density at radius 1 is 1.44 bits per heavy atom. The van der Waals surface area contributed by atoms with Gasteiger partial charge < -0.3 is 5.11 Å². The standard InChI is InChI=1S/C13H15NO2/c1-13(2,3)11-5-4-9(8-14)6-10(11)7-12(15)16/h4-6H,7H2,1-3H3,(H,15,16). The van der Waals surface area contributed by atoms with Crippen molar-refractivity contribution in [2.24, 2.45) is 0 Å². The maximum Gasteiger partial charge on any atom is 0.307 e. The number of benzene rings is 1. The molecule has 3 nitrogen and oxygen atoms in total. The molecule has 0 atom stereocenters. The van der Waals surface area contributed by atoms with Gasteiger partial charge in [0.1, 0.15) is 0 Å². The first-order valence-corrected chi connectivity index (χ1v) is 5.10. The Hall–Kier alpha value is -1.82. The minimum absolute atomic E-state index is 0.0396. The van der Waals surface area contributed by atoms with Gasteiger partial charge in [0, 0.05) is 0 Å². The molecule has 16 heavy (non-hydrogen) atoms. The lowest BCUT2D eigenvalue weighted by Gasteiger charge is -2.22. The van der Waals surface area contributed by atoms with Gasteiger partial charge in [-0.3, -0.25) is 4.79 Å². The number of hydrogen-bond acceptors (Lipinski definition) is 2. The van der Waals surface area contributed by atoms with Gasteiger partial charge in [-0.05, 0) is 28.7 Å². The number of carboxylic acid groups (broad SMARTS) is 1. The fourth-order valence-electron chi connectivity index (χ4n) is 1.70. The molecule has 0 aliphatic rings. The van der Waals surface area contributed by atoms with E-state index in [0.29, 0.717) is 5.56 Å². The van der Waals surface area contributed by atoms with Crippen LogP contribution in [0.4, 0.5) is 0 Å². The Bertz CT molecular complexity index is 450. The quantitative estimate of drug-likeness (QED) is 0.827. The average molecular weight is 217 g/mol. The highest BCUT2D eigenvalue weighted by Crippen LogP contribution is 2.27. The lowest BCUT2D eigenvalue weighted by atomic mass is 9.82. The van der Waals surface area contributed by atoms with Crippen LogP contribution in [0, 0.1) is 11.3 Å². The molecule has 0 radical (unpaired) electrons. The van der Waals surface area contributed by atoms with Crippen LogP contribution in [-0.4, -0.2) is 11.1 Å². The van der Waals surface area contributed by atoms with Crippen molar-refractivity contribution in [1.29, 1.82) is 5.26 Å². The van der Waals surface area contributed by atoms with Crippen molar-refractivity contribution in [3.05, 3.63) is 34.9 Å². The summed E-state index contributed by atoms with van der Waals surface area (Å²) < 4.78 is 0. The van der Waals surface area contributed by atoms with E-state index in [9.17, 15) is 4.79 Å². The van der Waals surface area contributed by atoms with Crippen molar-refractivity contribution >= 4 is 5.97 Å². The summed E-state index contributed by atoms with van der Waals surface area (Å²) in [6.07, 6.45) is -0.0396. The van der Waals surface area contributed by atoms with Crippen LogP contribution in [0.3, 0.4) is 0 Å². The Kier molecular flexibility index (Phi) is 3.34. The molecule has 1 rings (SSSR count). The predicted octanol–water partition coefficient (Wildman–Crippen LogP) is 2.48. The van der Waals surface area contributed by atoms with Crippen LogP contribution >= 0.6 is 0 Å². The molecule has 0 aliphatic carbocycles. The molecule has 1 N–H and O–H groups in total. The van der Waals surface area contributed by atoms with E-state index in [4.69, 9.17) is 10.4 Å². The van der Waals surface area contributed by atoms with Crippen molar-refractivity contribution in [2.45, 2.75) is 32.6 Å². The fraction of sp³-hybridized carbons (Fsp3) is 0.385. The van der Waals surface area contributed by atoms with Crippen LogP contribution in [0.2, 0.25) is 0 Å². The van der Waals surface area contributed by atoms with Crippen molar-refractivity contribution in [3.63, 3.8) is 0 Å². The third-order valence-electron chi connectivity index (χ3n) is 2.38. The van der Waals surface area contributed by atoms with Crippen LogP contribution in [0.5, 0.6) is 0 Å². The lowest BCUT2D eigenvalue weighted by molar-refractivity contribution is -0.136. The van der Waals surface area contributed by atoms with Crippen LogP contribution in [0.25, 0.3) is 0 Å². The maximum atomic E-state index is 10.8. The molecule has 0 saturated carbocycles. The van der Waals surface area contributed by atoms with Gasteiger partial charge in [-0.15, -0.1) is 0 Å². The zero-order valence-corrected chi connectivity index (χ0v) is 9.74. The van der Waals surface area contributed by atoms with E-state index in [1.165, 1.54) is 0 Å². The summed E-state index contributed by atoms with van der Waals surface area (Å²) in [4.78, 5) is 10.8. The Labute approximate surface area is 95.3 Å². The summed E-state index contributed by atoms with van der Waals surface area (Å²) in [5.74, 6) is -0.874. The molecule has 0 saturated heterocycles. The maximum absolute atomic E-state index is 10.8. The van der Waals surface area contributed by atoms with E-state index in [2.05, 4.69) is 0 Å². The van der Waals surface area contributed by atoms with Crippen molar-refractivity contribution in [1.82, 2.24) is 0 Å². The molecule has 0 bridgehead atoms. The van der Waals surface area contributed by atoms with E-state index >= 15 is 0 Å². The first-order chi connectivity index (χ1) is 7.34. The molecule has 0 amide bonds. The second-order valence-corrected chi connectivity index (χ2v) is 4.80. The molecule has 0 aromatic heterocycles. The van der Waals surface area contributed by atoms with E-state index in [1.807, 2.05) is 32.9 Å². The Morgan fingerprint density at radius 3 is 2.50 bits per heavy atom. The first kappa shape index (κ1) is 12.3. The number of rotatable bonds is 2. The van der Waals surface area contributed by atoms with Gasteiger partial charge in [0.15, 0.2) is 0 Å². The van der Waals surface area contributed by atoms with Gasteiger partial charge in [-0.25, -0.2) is 0 Å². The molecule has 0 fully saturated rings. The molecule has 1 aromatic rings. The number of nitrogens with zero attached hydrogens (tertiary/aromatic N) is 1. The normalized spacial score (nSPS) is 10.9. The minimum Gasteiger partial charge on any atom is -0.481 e. The summed E-state index contributed by atoms with van der Waals surface area (Å²) in [6.45, 7) is 6.08. The zero-order chi connectivity index (χ0) is 12.3. The number of carbonyl (C=O) groups is 1. The summed E-state index contributed by atoms with van der Waals surface area (Å²) in [5, 5.41) is 17.6. The van der Waals surface area contributed by atoms with Gasteiger partial charge >= 0.3 is 5.97 Å². The Morgan fingerprint density at radius 2 is 2.06 bits per heavy atom. The monoisotopic (exact) mass is 217 g/mol. The Balaban J connectivity index is 3.28. The minimum atomic E-state index is -0.874. The van der Waals surface area contributed by atoms with E-state index in [1.54, 1.807) is 12.1 Å². The highest BCUT2D eigenvalue weighted by atomic mass is 16.4. The summed E-state index contributed by atoms with van der Waals surface area (Å²) in [6, 6.07) is 7.26. The third-order valence-corrected chi connectivity index (χ3v) is 2.38. The fourth-order valence-corrected chi connectivity index (χ4v) is 1.70. The van der Waals surface area contributed by atoms with Crippen molar-refractivity contribution in [2.75, 3.05) is 0 Å². The van der Waals surface area contributed by atoms with Gasteiger partial charge in [-0.1, -0.05) is 26.8 Å². The molecule has 0 aliphatic heterocycles. The molecule has 1 aromatic carbocycles. The second-order valence-electron chi connectivity index (χ2n) is 4.80. The van der Waals surface area contributed by atoms with Gasteiger partial charge in [0.2, 0.25) is 0 Å². The molecular formula is C13H15NO2. The first-order valence-electron chi connectivity index (χ1n) is 5.10. The molecule has 0 spiro atoms. The smallest absolute Gasteiger partial charge is 0.307 e. The second kappa shape index (κ2) is 4.36. The average Bonchev–Trinajstić information content (AvgIpc) is 2.14. The van der Waals surface area contributed by atoms with E-state index in [0.717, 1.165) is 11.1 Å². The number of hydrogen-bond donors (Lipinski definition) is 1. The highest BCUT2D eigenvalue weighted by Gasteiger charge is 2.19. The highest BCUT2D eigenvalue weighted by molar-refractivity contribution is 5.71. The SMILES string of the molecule is CC(C)(C)c1ccc(C#N)cc1CC(=O)O. The summed E-state index contributed by atoms with van der Waals surface area (Å²) >= 11 is 0. The number of aliphatic carboxylic acids is 1. The van der Waals surface area contributed by atoms with Crippen molar-refractivity contribution in [3.8, 4) is 6.07 Å². The molecule has 0 unspecified atom stereocenters. The predicted molar refractivity (Wildman–Crippen MR) is 61.2 cm³/mol. The van der Waals surface area contributed by atoms with Crippen molar-refractivity contribution < 1.29 is 9.90 Å². The van der Waals surface area contributed by atoms with Crippen LogP contribution < -0.4 is 0 Å². The molecule has 0 heterocycles. The van der Waals surface area contributed by atoms with E-state index in [-0.39, 0.29) is 11.8 Å². The number of carboxylic acids is 1. The molecule has 3 heteroatoms. The molecule has 84 valence electrons. The zero-order valence-electron chi connectivity index (χ0n) is 9.74. The molecular weight excluding hydrogens is 202 g/mol. The van der Waals surface area contributed by atoms with Crippen LogP contribution in [0.15, 0.2) is 18.2 Å². The van der Waals surface area contributed by atoms with E-state index < -0.39 is 5.97 Å². The summed E-state index contributed by atoms with van der Waals surface area (Å²) in [5.41, 5.74) is 2.09. The van der Waals surface area contributed by atoms with Crippen LogP contribution in [-0.2, 0) is 16.6 Å². The number of nitriles is 1.